The van der Waals surface area contributed by atoms with Gasteiger partial charge in [0.2, 0.25) is 0 Å². The molecule has 0 saturated heterocycles. The molecule has 0 aromatic heterocycles. The van der Waals surface area contributed by atoms with E-state index in [9.17, 15) is 0 Å². The molecule has 0 saturated carbocycles. The average molecular weight is 449 g/mol. The predicted octanol–water partition coefficient (Wildman–Crippen LogP) is 8.18. The number of benzene rings is 4. The molecular formula is C31H32N2O. The first-order valence-corrected chi connectivity index (χ1v) is 11.8. The van der Waals surface area contributed by atoms with Crippen molar-refractivity contribution in [2.24, 2.45) is 0 Å². The second kappa shape index (κ2) is 11.2. The smallest absolute Gasteiger partial charge is 0.119 e. The molecule has 3 heteroatoms. The molecule has 4 aromatic carbocycles. The summed E-state index contributed by atoms with van der Waals surface area (Å²) in [6.07, 6.45) is 4.33. The van der Waals surface area contributed by atoms with E-state index in [-0.39, 0.29) is 0 Å². The molecule has 0 aliphatic carbocycles. The minimum absolute atomic E-state index is 0.849. The zero-order chi connectivity index (χ0) is 23.8. The summed E-state index contributed by atoms with van der Waals surface area (Å²) in [6, 6.07) is 36.0. The highest BCUT2D eigenvalue weighted by atomic mass is 16.5. The van der Waals surface area contributed by atoms with Crippen LogP contribution in [0.3, 0.4) is 0 Å². The van der Waals surface area contributed by atoms with Gasteiger partial charge < -0.3 is 14.5 Å². The third-order valence-electron chi connectivity index (χ3n) is 5.99. The van der Waals surface area contributed by atoms with Crippen molar-refractivity contribution in [3.05, 3.63) is 114 Å². The van der Waals surface area contributed by atoms with Crippen molar-refractivity contribution in [3.63, 3.8) is 0 Å². The number of methoxy groups -OCH3 is 1. The van der Waals surface area contributed by atoms with Crippen molar-refractivity contribution in [1.82, 2.24) is 0 Å². The Bertz CT molecular complexity index is 1180. The maximum Gasteiger partial charge on any atom is 0.119 e. The summed E-state index contributed by atoms with van der Waals surface area (Å²) in [7, 11) is 1.69. The molecule has 4 rings (SSSR count). The second-order valence-corrected chi connectivity index (χ2v) is 8.06. The lowest BCUT2D eigenvalue weighted by Crippen LogP contribution is -2.21. The molecule has 0 radical (unpaired) electrons. The van der Waals surface area contributed by atoms with Crippen LogP contribution in [0.1, 0.15) is 25.0 Å². The SMILES string of the molecule is CCN(CC)c1ccc(/C=C/c2ccc(N(c3ccccc3)c3ccc(OC)cc3)cc2)cc1. The molecule has 0 amide bonds. The Morgan fingerprint density at radius 3 is 1.47 bits per heavy atom. The standard InChI is InChI=1S/C31H32N2O/c1-4-32(5-2)27-17-13-25(14-18-27)11-12-26-15-19-29(20-16-26)33(28-9-7-6-8-10-28)30-21-23-31(34-3)24-22-30/h6-24H,4-5H2,1-3H3/b12-11+. The largest absolute Gasteiger partial charge is 0.497 e. The van der Waals surface area contributed by atoms with Crippen LogP contribution in [0.25, 0.3) is 12.2 Å². The Labute approximate surface area is 203 Å². The molecule has 3 nitrogen and oxygen atoms in total. The molecule has 0 unspecified atom stereocenters. The van der Waals surface area contributed by atoms with E-state index < -0.39 is 0 Å². The molecular weight excluding hydrogens is 416 g/mol. The monoisotopic (exact) mass is 448 g/mol. The maximum absolute atomic E-state index is 5.34. The molecule has 34 heavy (non-hydrogen) atoms. The van der Waals surface area contributed by atoms with Crippen LogP contribution in [0, 0.1) is 0 Å². The highest BCUT2D eigenvalue weighted by molar-refractivity contribution is 5.78. The van der Waals surface area contributed by atoms with Crippen LogP contribution in [-0.2, 0) is 0 Å². The Hall–Kier alpha value is -3.98. The molecule has 0 N–H and O–H groups in total. The molecule has 0 aliphatic heterocycles. The normalized spacial score (nSPS) is 10.9. The average Bonchev–Trinajstić information content (AvgIpc) is 2.91. The number of ether oxygens (including phenoxy) is 1. The highest BCUT2D eigenvalue weighted by Gasteiger charge is 2.12. The van der Waals surface area contributed by atoms with Crippen LogP contribution in [0.5, 0.6) is 5.75 Å². The van der Waals surface area contributed by atoms with Gasteiger partial charge in [-0.2, -0.15) is 0 Å². The summed E-state index contributed by atoms with van der Waals surface area (Å²) >= 11 is 0. The first-order chi connectivity index (χ1) is 16.7. The van der Waals surface area contributed by atoms with Crippen molar-refractivity contribution in [3.8, 4) is 5.75 Å². The molecule has 0 aliphatic rings. The lowest BCUT2D eigenvalue weighted by Gasteiger charge is -2.25. The molecule has 0 atom stereocenters. The van der Waals surface area contributed by atoms with Gasteiger partial charge in [-0.15, -0.1) is 0 Å². The summed E-state index contributed by atoms with van der Waals surface area (Å²) in [5, 5.41) is 0. The number of para-hydroxylation sites is 1. The van der Waals surface area contributed by atoms with E-state index in [0.717, 1.165) is 35.9 Å². The van der Waals surface area contributed by atoms with Crippen LogP contribution in [0.4, 0.5) is 22.7 Å². The molecule has 4 aromatic rings. The van der Waals surface area contributed by atoms with Gasteiger partial charge in [0.1, 0.15) is 5.75 Å². The first kappa shape index (κ1) is 23.2. The fourth-order valence-corrected chi connectivity index (χ4v) is 4.07. The van der Waals surface area contributed by atoms with Gasteiger partial charge in [0.05, 0.1) is 7.11 Å². The van der Waals surface area contributed by atoms with Gasteiger partial charge in [0.25, 0.3) is 0 Å². The number of nitrogens with zero attached hydrogens (tertiary/aromatic N) is 2. The Morgan fingerprint density at radius 1 is 0.559 bits per heavy atom. The van der Waals surface area contributed by atoms with Crippen molar-refractivity contribution >= 4 is 34.9 Å². The van der Waals surface area contributed by atoms with Crippen LogP contribution >= 0.6 is 0 Å². The summed E-state index contributed by atoms with van der Waals surface area (Å²) in [5.74, 6) is 0.849. The van der Waals surface area contributed by atoms with Crippen molar-refractivity contribution in [1.29, 1.82) is 0 Å². The van der Waals surface area contributed by atoms with E-state index >= 15 is 0 Å². The first-order valence-electron chi connectivity index (χ1n) is 11.8. The van der Waals surface area contributed by atoms with Gasteiger partial charge in [-0.1, -0.05) is 54.6 Å². The van der Waals surface area contributed by atoms with Crippen LogP contribution in [0.15, 0.2) is 103 Å². The number of anilines is 4. The minimum atomic E-state index is 0.849. The van der Waals surface area contributed by atoms with E-state index in [1.54, 1.807) is 7.11 Å². The lowest BCUT2D eigenvalue weighted by atomic mass is 10.1. The van der Waals surface area contributed by atoms with Gasteiger partial charge in [-0.05, 0) is 85.6 Å². The van der Waals surface area contributed by atoms with Gasteiger partial charge >= 0.3 is 0 Å². The third kappa shape index (κ3) is 5.49. The summed E-state index contributed by atoms with van der Waals surface area (Å²) in [4.78, 5) is 4.60. The van der Waals surface area contributed by atoms with E-state index in [4.69, 9.17) is 4.74 Å². The minimum Gasteiger partial charge on any atom is -0.497 e. The topological polar surface area (TPSA) is 15.7 Å². The van der Waals surface area contributed by atoms with Crippen molar-refractivity contribution in [2.75, 3.05) is 30.0 Å². The van der Waals surface area contributed by atoms with Gasteiger partial charge in [0, 0.05) is 35.8 Å². The Kier molecular flexibility index (Phi) is 7.67. The van der Waals surface area contributed by atoms with E-state index in [1.807, 2.05) is 18.2 Å². The van der Waals surface area contributed by atoms with Crippen LogP contribution in [-0.4, -0.2) is 20.2 Å². The fourth-order valence-electron chi connectivity index (χ4n) is 4.07. The summed E-state index contributed by atoms with van der Waals surface area (Å²) in [5.41, 5.74) is 6.94. The maximum atomic E-state index is 5.34. The highest BCUT2D eigenvalue weighted by Crippen LogP contribution is 2.35. The zero-order valence-electron chi connectivity index (χ0n) is 20.2. The quantitative estimate of drug-likeness (QED) is 0.240. The number of hydrogen-bond donors (Lipinski definition) is 0. The van der Waals surface area contributed by atoms with E-state index in [2.05, 4.69) is 121 Å². The van der Waals surface area contributed by atoms with E-state index in [1.165, 1.54) is 16.8 Å². The van der Waals surface area contributed by atoms with Gasteiger partial charge in [-0.3, -0.25) is 0 Å². The van der Waals surface area contributed by atoms with Crippen LogP contribution < -0.4 is 14.5 Å². The Balaban J connectivity index is 1.55. The second-order valence-electron chi connectivity index (χ2n) is 8.06. The zero-order valence-corrected chi connectivity index (χ0v) is 20.2. The molecule has 0 bridgehead atoms. The number of hydrogen-bond acceptors (Lipinski definition) is 3. The molecule has 0 heterocycles. The molecule has 172 valence electrons. The number of rotatable bonds is 9. The summed E-state index contributed by atoms with van der Waals surface area (Å²) < 4.78 is 5.34. The van der Waals surface area contributed by atoms with Crippen molar-refractivity contribution < 1.29 is 4.74 Å². The fraction of sp³-hybridized carbons (Fsp3) is 0.161. The van der Waals surface area contributed by atoms with E-state index in [0.29, 0.717) is 0 Å². The summed E-state index contributed by atoms with van der Waals surface area (Å²) in [6.45, 7) is 6.42. The van der Waals surface area contributed by atoms with Gasteiger partial charge in [-0.25, -0.2) is 0 Å². The Morgan fingerprint density at radius 2 is 1.00 bits per heavy atom. The third-order valence-corrected chi connectivity index (χ3v) is 5.99. The molecule has 0 spiro atoms. The van der Waals surface area contributed by atoms with Crippen molar-refractivity contribution in [2.45, 2.75) is 13.8 Å². The van der Waals surface area contributed by atoms with Crippen LogP contribution in [0.2, 0.25) is 0 Å². The molecule has 0 fully saturated rings. The van der Waals surface area contributed by atoms with Gasteiger partial charge in [0.15, 0.2) is 0 Å². The predicted molar refractivity (Wildman–Crippen MR) is 147 cm³/mol. The lowest BCUT2D eigenvalue weighted by molar-refractivity contribution is 0.415.